The van der Waals surface area contributed by atoms with E-state index in [1.807, 2.05) is 18.2 Å². The van der Waals surface area contributed by atoms with Crippen molar-refractivity contribution in [3.63, 3.8) is 0 Å². The average Bonchev–Trinajstić information content (AvgIpc) is 2.67. The number of benzene rings is 1. The molecule has 0 aliphatic carbocycles. The number of para-hydroxylation sites is 1. The van der Waals surface area contributed by atoms with Gasteiger partial charge in [-0.05, 0) is 39.3 Å². The number of anilines is 1. The Balaban J connectivity index is 1.55. The molecule has 1 aromatic carbocycles. The van der Waals surface area contributed by atoms with E-state index in [9.17, 15) is 4.79 Å². The maximum atomic E-state index is 12.0. The SMILES string of the molecule is CN=C(NCC1CC(=O)Nc2ccccc21)NCC(C)(C)N1CC(C)OC(C)C1. The number of amides is 1. The van der Waals surface area contributed by atoms with E-state index < -0.39 is 0 Å². The zero-order valence-corrected chi connectivity index (χ0v) is 18.3. The van der Waals surface area contributed by atoms with Crippen molar-refractivity contribution in [1.82, 2.24) is 15.5 Å². The van der Waals surface area contributed by atoms with Gasteiger partial charge in [-0.3, -0.25) is 14.7 Å². The van der Waals surface area contributed by atoms with Gasteiger partial charge in [0.2, 0.25) is 5.91 Å². The van der Waals surface area contributed by atoms with E-state index in [4.69, 9.17) is 4.74 Å². The van der Waals surface area contributed by atoms with Crippen LogP contribution in [0.25, 0.3) is 0 Å². The summed E-state index contributed by atoms with van der Waals surface area (Å²) in [7, 11) is 1.78. The van der Waals surface area contributed by atoms with Crippen molar-refractivity contribution in [3.05, 3.63) is 29.8 Å². The Bertz CT molecular complexity index is 738. The van der Waals surface area contributed by atoms with E-state index in [1.165, 1.54) is 5.56 Å². The molecule has 1 fully saturated rings. The summed E-state index contributed by atoms with van der Waals surface area (Å²) >= 11 is 0. The molecule has 0 spiro atoms. The molecule has 0 aromatic heterocycles. The summed E-state index contributed by atoms with van der Waals surface area (Å²) < 4.78 is 5.87. The molecular weight excluding hydrogens is 366 g/mol. The van der Waals surface area contributed by atoms with Gasteiger partial charge in [0.25, 0.3) is 0 Å². The summed E-state index contributed by atoms with van der Waals surface area (Å²) in [4.78, 5) is 18.9. The molecule has 3 N–H and O–H groups in total. The number of carbonyl (C=O) groups is 1. The quantitative estimate of drug-likeness (QED) is 0.521. The minimum Gasteiger partial charge on any atom is -0.373 e. The standard InChI is InChI=1S/C22H35N5O2/c1-15-12-27(13-16(2)29-15)22(3,4)14-25-21(23-5)24-11-17-10-20(28)26-19-9-7-6-8-18(17)19/h6-9,15-17H,10-14H2,1-5H3,(H,26,28)(H2,23,24,25). The molecule has 3 unspecified atom stereocenters. The van der Waals surface area contributed by atoms with Gasteiger partial charge in [-0.1, -0.05) is 18.2 Å². The van der Waals surface area contributed by atoms with E-state index in [-0.39, 0.29) is 29.6 Å². The van der Waals surface area contributed by atoms with Crippen LogP contribution in [0.1, 0.15) is 45.6 Å². The Hall–Kier alpha value is -2.12. The van der Waals surface area contributed by atoms with Crippen molar-refractivity contribution < 1.29 is 9.53 Å². The summed E-state index contributed by atoms with van der Waals surface area (Å²) in [6, 6.07) is 8.01. The number of rotatable bonds is 5. The molecule has 7 heteroatoms. The van der Waals surface area contributed by atoms with Gasteiger partial charge in [0.15, 0.2) is 5.96 Å². The maximum absolute atomic E-state index is 12.0. The molecule has 0 bridgehead atoms. The molecule has 3 rings (SSSR count). The highest BCUT2D eigenvalue weighted by Crippen LogP contribution is 2.31. The first kappa shape index (κ1) is 21.6. The lowest BCUT2D eigenvalue weighted by Gasteiger charge is -2.45. The van der Waals surface area contributed by atoms with E-state index in [0.29, 0.717) is 13.0 Å². The number of carbonyl (C=O) groups excluding carboxylic acids is 1. The highest BCUT2D eigenvalue weighted by Gasteiger charge is 2.33. The molecule has 2 heterocycles. The summed E-state index contributed by atoms with van der Waals surface area (Å²) in [5, 5.41) is 9.83. The minimum absolute atomic E-state index is 0.0265. The first-order valence-corrected chi connectivity index (χ1v) is 10.5. The van der Waals surface area contributed by atoms with Crippen LogP contribution in [-0.2, 0) is 9.53 Å². The van der Waals surface area contributed by atoms with Crippen molar-refractivity contribution in [2.45, 2.75) is 57.8 Å². The third-order valence-corrected chi connectivity index (χ3v) is 5.81. The summed E-state index contributed by atoms with van der Waals surface area (Å²) in [6.07, 6.45) is 0.969. The lowest BCUT2D eigenvalue weighted by atomic mass is 9.90. The number of aliphatic imine (C=N–C) groups is 1. The van der Waals surface area contributed by atoms with Crippen LogP contribution in [0.4, 0.5) is 5.69 Å². The van der Waals surface area contributed by atoms with Crippen LogP contribution in [0.5, 0.6) is 0 Å². The molecule has 2 aliphatic heterocycles. The van der Waals surface area contributed by atoms with E-state index in [1.54, 1.807) is 7.05 Å². The van der Waals surface area contributed by atoms with Gasteiger partial charge in [-0.15, -0.1) is 0 Å². The molecule has 0 saturated carbocycles. The molecule has 1 aromatic rings. The molecule has 3 atom stereocenters. The highest BCUT2D eigenvalue weighted by molar-refractivity contribution is 5.94. The van der Waals surface area contributed by atoms with Crippen LogP contribution in [0.15, 0.2) is 29.3 Å². The van der Waals surface area contributed by atoms with E-state index in [0.717, 1.165) is 31.3 Å². The molecule has 0 radical (unpaired) electrons. The Kier molecular flexibility index (Phi) is 6.80. The van der Waals surface area contributed by atoms with Gasteiger partial charge in [0.1, 0.15) is 0 Å². The molecule has 1 saturated heterocycles. The van der Waals surface area contributed by atoms with Gasteiger partial charge in [0, 0.05) is 56.8 Å². The predicted molar refractivity (Wildman–Crippen MR) is 117 cm³/mol. The van der Waals surface area contributed by atoms with Crippen LogP contribution >= 0.6 is 0 Å². The minimum atomic E-state index is -0.0265. The fraction of sp³-hybridized carbons (Fsp3) is 0.636. The third kappa shape index (κ3) is 5.48. The van der Waals surface area contributed by atoms with Gasteiger partial charge in [-0.25, -0.2) is 0 Å². The monoisotopic (exact) mass is 401 g/mol. The number of nitrogens with zero attached hydrogens (tertiary/aromatic N) is 2. The molecule has 1 amide bonds. The van der Waals surface area contributed by atoms with Crippen LogP contribution in [0.2, 0.25) is 0 Å². The first-order valence-electron chi connectivity index (χ1n) is 10.5. The van der Waals surface area contributed by atoms with Crippen LogP contribution in [0, 0.1) is 0 Å². The Morgan fingerprint density at radius 2 is 1.93 bits per heavy atom. The van der Waals surface area contributed by atoms with E-state index in [2.05, 4.69) is 59.6 Å². The number of fused-ring (bicyclic) bond motifs is 1. The zero-order valence-electron chi connectivity index (χ0n) is 18.3. The van der Waals surface area contributed by atoms with E-state index >= 15 is 0 Å². The number of morpholine rings is 1. The van der Waals surface area contributed by atoms with Crippen LogP contribution in [-0.4, -0.2) is 67.7 Å². The fourth-order valence-corrected chi connectivity index (χ4v) is 4.21. The van der Waals surface area contributed by atoms with Gasteiger partial charge < -0.3 is 20.7 Å². The molecular formula is C22H35N5O2. The van der Waals surface area contributed by atoms with Crippen molar-refractivity contribution in [2.24, 2.45) is 4.99 Å². The van der Waals surface area contributed by atoms with Gasteiger partial charge >= 0.3 is 0 Å². The topological polar surface area (TPSA) is 78.0 Å². The molecule has 2 aliphatic rings. The summed E-state index contributed by atoms with van der Waals surface area (Å²) in [5.41, 5.74) is 2.06. The fourth-order valence-electron chi connectivity index (χ4n) is 4.21. The van der Waals surface area contributed by atoms with Crippen molar-refractivity contribution in [1.29, 1.82) is 0 Å². The number of ether oxygens (including phenoxy) is 1. The second-order valence-corrected chi connectivity index (χ2v) is 8.82. The summed E-state index contributed by atoms with van der Waals surface area (Å²) in [6.45, 7) is 12.1. The highest BCUT2D eigenvalue weighted by atomic mass is 16.5. The largest absolute Gasteiger partial charge is 0.373 e. The molecule has 29 heavy (non-hydrogen) atoms. The third-order valence-electron chi connectivity index (χ3n) is 5.81. The zero-order chi connectivity index (χ0) is 21.0. The lowest BCUT2D eigenvalue weighted by Crippen LogP contribution is -2.59. The normalized spacial score (nSPS) is 25.9. The average molecular weight is 402 g/mol. The van der Waals surface area contributed by atoms with Crippen LogP contribution < -0.4 is 16.0 Å². The van der Waals surface area contributed by atoms with Crippen molar-refractivity contribution in [3.8, 4) is 0 Å². The number of hydrogen-bond acceptors (Lipinski definition) is 4. The maximum Gasteiger partial charge on any atom is 0.225 e. The lowest BCUT2D eigenvalue weighted by molar-refractivity contribution is -0.116. The Morgan fingerprint density at radius 3 is 2.62 bits per heavy atom. The molecule has 160 valence electrons. The van der Waals surface area contributed by atoms with Crippen molar-refractivity contribution >= 4 is 17.6 Å². The second kappa shape index (κ2) is 9.13. The second-order valence-electron chi connectivity index (χ2n) is 8.82. The molecule has 7 nitrogen and oxygen atoms in total. The Labute approximate surface area is 174 Å². The smallest absolute Gasteiger partial charge is 0.225 e. The Morgan fingerprint density at radius 1 is 1.24 bits per heavy atom. The van der Waals surface area contributed by atoms with Gasteiger partial charge in [0.05, 0.1) is 12.2 Å². The van der Waals surface area contributed by atoms with Crippen molar-refractivity contribution in [2.75, 3.05) is 38.5 Å². The van der Waals surface area contributed by atoms with Gasteiger partial charge in [-0.2, -0.15) is 0 Å². The van der Waals surface area contributed by atoms with Crippen LogP contribution in [0.3, 0.4) is 0 Å². The summed E-state index contributed by atoms with van der Waals surface area (Å²) in [5.74, 6) is 0.957. The number of hydrogen-bond donors (Lipinski definition) is 3. The first-order chi connectivity index (χ1) is 13.8. The number of nitrogens with one attached hydrogen (secondary N) is 3. The predicted octanol–water partition coefficient (Wildman–Crippen LogP) is 2.17. The number of guanidine groups is 1.